The molecular formula is C17H28N2S. The summed E-state index contributed by atoms with van der Waals surface area (Å²) in [7, 11) is 0. The van der Waals surface area contributed by atoms with Crippen molar-refractivity contribution >= 4 is 11.3 Å². The highest BCUT2D eigenvalue weighted by molar-refractivity contribution is 7.09. The minimum absolute atomic E-state index is 0.781. The van der Waals surface area contributed by atoms with Crippen molar-refractivity contribution in [3.05, 3.63) is 22.4 Å². The van der Waals surface area contributed by atoms with E-state index in [1.807, 2.05) is 11.3 Å². The van der Waals surface area contributed by atoms with E-state index in [1.165, 1.54) is 58.0 Å². The van der Waals surface area contributed by atoms with Crippen molar-refractivity contribution in [2.75, 3.05) is 13.1 Å². The van der Waals surface area contributed by atoms with Crippen LogP contribution in [0.25, 0.3) is 0 Å². The van der Waals surface area contributed by atoms with Crippen molar-refractivity contribution in [1.82, 2.24) is 10.2 Å². The maximum atomic E-state index is 3.77. The van der Waals surface area contributed by atoms with Gasteiger partial charge in [-0.25, -0.2) is 0 Å². The molecule has 3 heterocycles. The van der Waals surface area contributed by atoms with Gasteiger partial charge < -0.3 is 5.32 Å². The molecule has 0 aliphatic carbocycles. The fraction of sp³-hybridized carbons (Fsp3) is 0.765. The van der Waals surface area contributed by atoms with Crippen molar-refractivity contribution in [2.45, 2.75) is 70.0 Å². The third-order valence-corrected chi connectivity index (χ3v) is 5.94. The van der Waals surface area contributed by atoms with Crippen LogP contribution in [0.3, 0.4) is 0 Å². The Balaban J connectivity index is 1.55. The standard InChI is InChI=1S/C17H28N2S/c1-2-9-18-14-12-15-5-3-6-16(13-14)19(15)10-8-17-7-4-11-20-17/h4,7,11,14-16,18H,2-3,5-6,8-10,12-13H2,1H3. The van der Waals surface area contributed by atoms with Crippen LogP contribution >= 0.6 is 11.3 Å². The van der Waals surface area contributed by atoms with Crippen LogP contribution in [-0.2, 0) is 6.42 Å². The maximum Gasteiger partial charge on any atom is 0.0113 e. The molecule has 112 valence electrons. The second kappa shape index (κ2) is 7.06. The molecular weight excluding hydrogens is 264 g/mol. The van der Waals surface area contributed by atoms with Crippen LogP contribution in [0.15, 0.2) is 17.5 Å². The molecule has 2 nitrogen and oxygen atoms in total. The van der Waals surface area contributed by atoms with E-state index >= 15 is 0 Å². The Hall–Kier alpha value is -0.380. The number of hydrogen-bond acceptors (Lipinski definition) is 3. The molecule has 0 amide bonds. The molecule has 1 aromatic rings. The Morgan fingerprint density at radius 3 is 2.75 bits per heavy atom. The quantitative estimate of drug-likeness (QED) is 0.860. The Morgan fingerprint density at radius 2 is 2.10 bits per heavy atom. The first kappa shape index (κ1) is 14.6. The van der Waals surface area contributed by atoms with Gasteiger partial charge in [-0.1, -0.05) is 19.4 Å². The predicted octanol–water partition coefficient (Wildman–Crippen LogP) is 3.68. The lowest BCUT2D eigenvalue weighted by atomic mass is 9.81. The lowest BCUT2D eigenvalue weighted by Crippen LogP contribution is -2.56. The van der Waals surface area contributed by atoms with Crippen LogP contribution in [0.1, 0.15) is 50.3 Å². The molecule has 0 radical (unpaired) electrons. The third kappa shape index (κ3) is 3.44. The number of thiophene rings is 1. The van der Waals surface area contributed by atoms with E-state index < -0.39 is 0 Å². The Morgan fingerprint density at radius 1 is 1.30 bits per heavy atom. The highest BCUT2D eigenvalue weighted by Gasteiger charge is 2.37. The van der Waals surface area contributed by atoms with Gasteiger partial charge in [0, 0.05) is 29.5 Å². The Labute approximate surface area is 127 Å². The average molecular weight is 292 g/mol. The van der Waals surface area contributed by atoms with E-state index in [4.69, 9.17) is 0 Å². The van der Waals surface area contributed by atoms with E-state index in [0.29, 0.717) is 0 Å². The van der Waals surface area contributed by atoms with Crippen LogP contribution in [0.5, 0.6) is 0 Å². The van der Waals surface area contributed by atoms with Crippen LogP contribution in [-0.4, -0.2) is 36.1 Å². The first-order chi connectivity index (χ1) is 9.86. The lowest BCUT2D eigenvalue weighted by Gasteiger charge is -2.49. The van der Waals surface area contributed by atoms with Crippen molar-refractivity contribution < 1.29 is 0 Å². The molecule has 0 saturated carbocycles. The summed E-state index contributed by atoms with van der Waals surface area (Å²) in [6, 6.07) is 6.94. The van der Waals surface area contributed by atoms with E-state index in [9.17, 15) is 0 Å². The number of nitrogens with one attached hydrogen (secondary N) is 1. The Bertz CT molecular complexity index is 376. The largest absolute Gasteiger partial charge is 0.314 e. The molecule has 1 aromatic heterocycles. The summed E-state index contributed by atoms with van der Waals surface area (Å²) < 4.78 is 0. The molecule has 3 heteroatoms. The van der Waals surface area contributed by atoms with Gasteiger partial charge in [0.05, 0.1) is 0 Å². The van der Waals surface area contributed by atoms with Gasteiger partial charge in [-0.15, -0.1) is 11.3 Å². The molecule has 20 heavy (non-hydrogen) atoms. The predicted molar refractivity (Wildman–Crippen MR) is 87.5 cm³/mol. The number of hydrogen-bond donors (Lipinski definition) is 1. The minimum Gasteiger partial charge on any atom is -0.314 e. The number of rotatable bonds is 6. The van der Waals surface area contributed by atoms with Gasteiger partial charge in [-0.3, -0.25) is 4.90 Å². The topological polar surface area (TPSA) is 15.3 Å². The van der Waals surface area contributed by atoms with Gasteiger partial charge in [0.15, 0.2) is 0 Å². The van der Waals surface area contributed by atoms with Crippen LogP contribution in [0, 0.1) is 0 Å². The lowest BCUT2D eigenvalue weighted by molar-refractivity contribution is 0.0258. The molecule has 0 aromatic carbocycles. The van der Waals surface area contributed by atoms with E-state index in [2.05, 4.69) is 34.7 Å². The monoisotopic (exact) mass is 292 g/mol. The first-order valence-corrected chi connectivity index (χ1v) is 9.26. The summed E-state index contributed by atoms with van der Waals surface area (Å²) in [6.45, 7) is 4.74. The summed E-state index contributed by atoms with van der Waals surface area (Å²) in [6.07, 6.45) is 9.55. The molecule has 2 unspecified atom stereocenters. The molecule has 2 fully saturated rings. The number of piperidine rings is 2. The zero-order chi connectivity index (χ0) is 13.8. The third-order valence-electron chi connectivity index (χ3n) is 5.01. The summed E-state index contributed by atoms with van der Waals surface area (Å²) in [4.78, 5) is 4.39. The second-order valence-corrected chi connectivity index (χ2v) is 7.46. The van der Waals surface area contributed by atoms with Crippen molar-refractivity contribution in [3.63, 3.8) is 0 Å². The number of nitrogens with zero attached hydrogens (tertiary/aromatic N) is 1. The van der Waals surface area contributed by atoms with Crippen LogP contribution < -0.4 is 5.32 Å². The van der Waals surface area contributed by atoms with Crippen LogP contribution in [0.4, 0.5) is 0 Å². The normalized spacial score (nSPS) is 30.6. The molecule has 2 aliphatic heterocycles. The summed E-state index contributed by atoms with van der Waals surface area (Å²) in [5.41, 5.74) is 0. The SMILES string of the molecule is CCCNC1CC2CCCC(C1)N2CCc1cccs1. The maximum absolute atomic E-state index is 3.77. The molecule has 2 bridgehead atoms. The summed E-state index contributed by atoms with van der Waals surface area (Å²) in [5.74, 6) is 0. The highest BCUT2D eigenvalue weighted by atomic mass is 32.1. The average Bonchev–Trinajstić information content (AvgIpc) is 2.95. The van der Waals surface area contributed by atoms with Gasteiger partial charge in [0.1, 0.15) is 0 Å². The van der Waals surface area contributed by atoms with E-state index in [0.717, 1.165) is 18.1 Å². The fourth-order valence-electron chi connectivity index (χ4n) is 4.05. The van der Waals surface area contributed by atoms with Gasteiger partial charge in [-0.2, -0.15) is 0 Å². The van der Waals surface area contributed by atoms with Crippen molar-refractivity contribution in [2.24, 2.45) is 0 Å². The smallest absolute Gasteiger partial charge is 0.0113 e. The van der Waals surface area contributed by atoms with E-state index in [-0.39, 0.29) is 0 Å². The molecule has 2 atom stereocenters. The molecule has 2 aliphatic rings. The molecule has 1 N–H and O–H groups in total. The van der Waals surface area contributed by atoms with Crippen molar-refractivity contribution in [1.29, 1.82) is 0 Å². The summed E-state index contributed by atoms with van der Waals surface area (Å²) in [5, 5.41) is 5.97. The van der Waals surface area contributed by atoms with Gasteiger partial charge in [0.2, 0.25) is 0 Å². The first-order valence-electron chi connectivity index (χ1n) is 8.38. The minimum atomic E-state index is 0.781. The number of fused-ring (bicyclic) bond motifs is 2. The van der Waals surface area contributed by atoms with Gasteiger partial charge in [0.25, 0.3) is 0 Å². The van der Waals surface area contributed by atoms with Gasteiger partial charge in [-0.05, 0) is 56.5 Å². The summed E-state index contributed by atoms with van der Waals surface area (Å²) >= 11 is 1.91. The second-order valence-electron chi connectivity index (χ2n) is 6.43. The van der Waals surface area contributed by atoms with Crippen LogP contribution in [0.2, 0.25) is 0 Å². The molecule has 0 spiro atoms. The zero-order valence-corrected chi connectivity index (χ0v) is 13.5. The highest BCUT2D eigenvalue weighted by Crippen LogP contribution is 2.34. The molecule has 3 rings (SSSR count). The Kier molecular flexibility index (Phi) is 5.14. The molecule has 2 saturated heterocycles. The van der Waals surface area contributed by atoms with Crippen molar-refractivity contribution in [3.8, 4) is 0 Å². The van der Waals surface area contributed by atoms with E-state index in [1.54, 1.807) is 4.88 Å². The van der Waals surface area contributed by atoms with Gasteiger partial charge >= 0.3 is 0 Å². The zero-order valence-electron chi connectivity index (χ0n) is 12.7. The fourth-order valence-corrected chi connectivity index (χ4v) is 4.75.